The van der Waals surface area contributed by atoms with E-state index in [1.807, 2.05) is 10.8 Å². The van der Waals surface area contributed by atoms with E-state index in [-0.39, 0.29) is 18.3 Å². The number of hydrogen-bond acceptors (Lipinski definition) is 4. The van der Waals surface area contributed by atoms with Gasteiger partial charge in [-0.15, -0.1) is 0 Å². The van der Waals surface area contributed by atoms with Crippen molar-refractivity contribution >= 4 is 5.91 Å². The molecule has 2 aromatic rings. The minimum Gasteiger partial charge on any atom is -0.453 e. The summed E-state index contributed by atoms with van der Waals surface area (Å²) < 4.78 is 7.15. The summed E-state index contributed by atoms with van der Waals surface area (Å²) in [6.45, 7) is 3.09. The van der Waals surface area contributed by atoms with Gasteiger partial charge in [0.2, 0.25) is 0 Å². The number of carbonyl (C=O) groups excluding carboxylic acids is 1. The Morgan fingerprint density at radius 1 is 1.53 bits per heavy atom. The first-order valence-corrected chi connectivity index (χ1v) is 6.22. The SMILES string of the molecule is CCCn1ccnc1CNC(=O)c1ccc(CO)o1. The number of aliphatic hydroxyl groups excluding tert-OH is 1. The van der Waals surface area contributed by atoms with Crippen LogP contribution in [0.1, 0.15) is 35.5 Å². The van der Waals surface area contributed by atoms with Gasteiger partial charge in [0, 0.05) is 18.9 Å². The molecule has 0 aliphatic heterocycles. The van der Waals surface area contributed by atoms with Crippen molar-refractivity contribution in [2.45, 2.75) is 33.0 Å². The molecule has 2 N–H and O–H groups in total. The predicted octanol–water partition coefficient (Wildman–Crippen LogP) is 1.31. The zero-order valence-electron chi connectivity index (χ0n) is 10.8. The van der Waals surface area contributed by atoms with Crippen LogP contribution in [-0.4, -0.2) is 20.6 Å². The molecule has 102 valence electrons. The van der Waals surface area contributed by atoms with Crippen LogP contribution >= 0.6 is 0 Å². The van der Waals surface area contributed by atoms with Crippen molar-refractivity contribution in [3.05, 3.63) is 41.9 Å². The van der Waals surface area contributed by atoms with Crippen molar-refractivity contribution in [1.29, 1.82) is 0 Å². The lowest BCUT2D eigenvalue weighted by molar-refractivity contribution is 0.0917. The molecule has 0 aliphatic carbocycles. The molecule has 0 aromatic carbocycles. The van der Waals surface area contributed by atoms with E-state index in [0.717, 1.165) is 18.8 Å². The molecule has 0 bridgehead atoms. The van der Waals surface area contributed by atoms with E-state index >= 15 is 0 Å². The van der Waals surface area contributed by atoms with Crippen molar-refractivity contribution < 1.29 is 14.3 Å². The fraction of sp³-hybridized carbons (Fsp3) is 0.385. The highest BCUT2D eigenvalue weighted by Gasteiger charge is 2.11. The molecule has 0 aliphatic rings. The second-order valence-electron chi connectivity index (χ2n) is 4.14. The average Bonchev–Trinajstić information content (AvgIpc) is 3.05. The zero-order chi connectivity index (χ0) is 13.7. The van der Waals surface area contributed by atoms with Crippen LogP contribution in [0.5, 0.6) is 0 Å². The smallest absolute Gasteiger partial charge is 0.287 e. The summed E-state index contributed by atoms with van der Waals surface area (Å²) in [5, 5.41) is 11.6. The van der Waals surface area contributed by atoms with Crippen molar-refractivity contribution in [3.63, 3.8) is 0 Å². The Morgan fingerprint density at radius 3 is 3.05 bits per heavy atom. The standard InChI is InChI=1S/C13H17N3O3/c1-2-6-16-7-5-14-12(16)8-15-13(18)11-4-3-10(9-17)19-11/h3-5,7,17H,2,6,8-9H2,1H3,(H,15,18). The Kier molecular flexibility index (Phi) is 4.35. The molecule has 0 radical (unpaired) electrons. The van der Waals surface area contributed by atoms with Gasteiger partial charge in [0.25, 0.3) is 5.91 Å². The van der Waals surface area contributed by atoms with Gasteiger partial charge in [-0.25, -0.2) is 4.98 Å². The van der Waals surface area contributed by atoms with Crippen LogP contribution in [0, 0.1) is 0 Å². The molecule has 19 heavy (non-hydrogen) atoms. The lowest BCUT2D eigenvalue weighted by atomic mass is 10.4. The van der Waals surface area contributed by atoms with Gasteiger partial charge in [-0.05, 0) is 18.6 Å². The molecule has 2 heterocycles. The predicted molar refractivity (Wildman–Crippen MR) is 68.3 cm³/mol. The number of nitrogens with zero attached hydrogens (tertiary/aromatic N) is 2. The number of furan rings is 1. The third-order valence-electron chi connectivity index (χ3n) is 2.71. The quantitative estimate of drug-likeness (QED) is 0.823. The summed E-state index contributed by atoms with van der Waals surface area (Å²) in [6.07, 6.45) is 4.62. The maximum Gasteiger partial charge on any atom is 0.287 e. The Morgan fingerprint density at radius 2 is 2.37 bits per heavy atom. The van der Waals surface area contributed by atoms with E-state index in [9.17, 15) is 4.79 Å². The van der Waals surface area contributed by atoms with Crippen LogP contribution in [0.3, 0.4) is 0 Å². The number of hydrogen-bond donors (Lipinski definition) is 2. The van der Waals surface area contributed by atoms with E-state index < -0.39 is 0 Å². The van der Waals surface area contributed by atoms with Crippen LogP contribution in [-0.2, 0) is 19.7 Å². The van der Waals surface area contributed by atoms with Crippen LogP contribution in [0.25, 0.3) is 0 Å². The number of imidazole rings is 1. The molecule has 2 rings (SSSR count). The highest BCUT2D eigenvalue weighted by molar-refractivity contribution is 5.91. The third kappa shape index (κ3) is 3.23. The van der Waals surface area contributed by atoms with Gasteiger partial charge in [0.05, 0.1) is 6.54 Å². The number of aromatic nitrogens is 2. The number of rotatable bonds is 6. The first-order chi connectivity index (χ1) is 9.24. The van der Waals surface area contributed by atoms with Crippen LogP contribution < -0.4 is 5.32 Å². The minimum absolute atomic E-state index is 0.192. The van der Waals surface area contributed by atoms with E-state index in [0.29, 0.717) is 12.3 Å². The molecule has 6 heteroatoms. The second-order valence-corrected chi connectivity index (χ2v) is 4.14. The molecule has 0 atom stereocenters. The summed E-state index contributed by atoms with van der Waals surface area (Å²) in [5.74, 6) is 1.06. The van der Waals surface area contributed by atoms with E-state index in [4.69, 9.17) is 9.52 Å². The van der Waals surface area contributed by atoms with Gasteiger partial charge in [-0.1, -0.05) is 6.92 Å². The molecule has 0 saturated carbocycles. The van der Waals surface area contributed by atoms with E-state index in [1.165, 1.54) is 0 Å². The highest BCUT2D eigenvalue weighted by Crippen LogP contribution is 2.08. The van der Waals surface area contributed by atoms with Gasteiger partial charge >= 0.3 is 0 Å². The molecule has 0 unspecified atom stereocenters. The molecule has 0 spiro atoms. The molecular weight excluding hydrogens is 246 g/mol. The van der Waals surface area contributed by atoms with E-state index in [2.05, 4.69) is 17.2 Å². The lowest BCUT2D eigenvalue weighted by Gasteiger charge is -2.06. The maximum absolute atomic E-state index is 11.8. The number of nitrogens with one attached hydrogen (secondary N) is 1. The summed E-state index contributed by atoms with van der Waals surface area (Å²) in [4.78, 5) is 16.0. The third-order valence-corrected chi connectivity index (χ3v) is 2.71. The van der Waals surface area contributed by atoms with Gasteiger partial charge in [-0.3, -0.25) is 4.79 Å². The molecular formula is C13H17N3O3. The summed E-state index contributed by atoms with van der Waals surface area (Å²) in [6, 6.07) is 3.12. The number of amides is 1. The first kappa shape index (κ1) is 13.4. The first-order valence-electron chi connectivity index (χ1n) is 6.22. The van der Waals surface area contributed by atoms with Crippen LogP contribution in [0.15, 0.2) is 28.9 Å². The van der Waals surface area contributed by atoms with Crippen molar-refractivity contribution in [2.24, 2.45) is 0 Å². The van der Waals surface area contributed by atoms with Crippen LogP contribution in [0.4, 0.5) is 0 Å². The van der Waals surface area contributed by atoms with Gasteiger partial charge < -0.3 is 19.4 Å². The number of aliphatic hydroxyl groups is 1. The monoisotopic (exact) mass is 263 g/mol. The maximum atomic E-state index is 11.8. The normalized spacial score (nSPS) is 10.6. The fourth-order valence-electron chi connectivity index (χ4n) is 1.78. The summed E-state index contributed by atoms with van der Waals surface area (Å²) >= 11 is 0. The second kappa shape index (κ2) is 6.19. The fourth-order valence-corrected chi connectivity index (χ4v) is 1.78. The Balaban J connectivity index is 1.94. The van der Waals surface area contributed by atoms with Gasteiger partial charge in [0.1, 0.15) is 18.2 Å². The Bertz CT molecular complexity index is 545. The van der Waals surface area contributed by atoms with Crippen LogP contribution in [0.2, 0.25) is 0 Å². The molecule has 1 amide bonds. The minimum atomic E-state index is -0.314. The van der Waals surface area contributed by atoms with Gasteiger partial charge in [0.15, 0.2) is 5.76 Å². The van der Waals surface area contributed by atoms with Crippen molar-refractivity contribution in [1.82, 2.24) is 14.9 Å². The highest BCUT2D eigenvalue weighted by atomic mass is 16.4. The van der Waals surface area contributed by atoms with Crippen molar-refractivity contribution in [3.8, 4) is 0 Å². The molecule has 0 fully saturated rings. The van der Waals surface area contributed by atoms with E-state index in [1.54, 1.807) is 18.3 Å². The topological polar surface area (TPSA) is 80.3 Å². The van der Waals surface area contributed by atoms with Crippen molar-refractivity contribution in [2.75, 3.05) is 0 Å². The molecule has 6 nitrogen and oxygen atoms in total. The zero-order valence-corrected chi connectivity index (χ0v) is 10.8. The lowest BCUT2D eigenvalue weighted by Crippen LogP contribution is -2.24. The molecule has 0 saturated heterocycles. The average molecular weight is 263 g/mol. The van der Waals surface area contributed by atoms with Gasteiger partial charge in [-0.2, -0.15) is 0 Å². The Labute approximate surface area is 111 Å². The Hall–Kier alpha value is -2.08. The number of aryl methyl sites for hydroxylation is 1. The summed E-state index contributed by atoms with van der Waals surface area (Å²) in [7, 11) is 0. The largest absolute Gasteiger partial charge is 0.453 e. The summed E-state index contributed by atoms with van der Waals surface area (Å²) in [5.41, 5.74) is 0. The number of carbonyl (C=O) groups is 1. The molecule has 2 aromatic heterocycles.